The normalized spacial score (nSPS) is 17.0. The van der Waals surface area contributed by atoms with Crippen molar-refractivity contribution in [2.24, 2.45) is 11.7 Å². The first-order valence-electron chi connectivity index (χ1n) is 8.07. The van der Waals surface area contributed by atoms with E-state index in [2.05, 4.69) is 5.32 Å². The number of likely N-dealkylation sites (tertiary alicyclic amines) is 1. The van der Waals surface area contributed by atoms with Crippen LogP contribution in [0, 0.1) is 5.92 Å². The van der Waals surface area contributed by atoms with Crippen LogP contribution in [-0.4, -0.2) is 57.0 Å². The van der Waals surface area contributed by atoms with Gasteiger partial charge in [0.05, 0.1) is 5.92 Å². The number of nitrogens with one attached hydrogen (secondary N) is 1. The molecule has 1 saturated heterocycles. The summed E-state index contributed by atoms with van der Waals surface area (Å²) in [5, 5.41) is 2.82. The molecule has 24 heavy (non-hydrogen) atoms. The third kappa shape index (κ3) is 5.11. The van der Waals surface area contributed by atoms with Gasteiger partial charge < -0.3 is 20.9 Å². The van der Waals surface area contributed by atoms with Gasteiger partial charge in [-0.3, -0.25) is 9.59 Å². The monoisotopic (exact) mass is 354 g/mol. The molecule has 0 radical (unpaired) electrons. The van der Waals surface area contributed by atoms with Crippen LogP contribution in [0.5, 0.6) is 0 Å². The number of anilines is 1. The lowest BCUT2D eigenvalue weighted by Gasteiger charge is -2.32. The van der Waals surface area contributed by atoms with Crippen molar-refractivity contribution in [3.63, 3.8) is 0 Å². The van der Waals surface area contributed by atoms with E-state index in [1.807, 2.05) is 43.3 Å². The zero-order valence-corrected chi connectivity index (χ0v) is 15.1. The number of amides is 2. The van der Waals surface area contributed by atoms with Gasteiger partial charge in [-0.2, -0.15) is 0 Å². The number of nitrogens with zero attached hydrogens (tertiary/aromatic N) is 2. The van der Waals surface area contributed by atoms with E-state index < -0.39 is 0 Å². The lowest BCUT2D eigenvalue weighted by atomic mass is 9.96. The Kier molecular flexibility index (Phi) is 8.01. The molecule has 1 atom stereocenters. The molecule has 1 heterocycles. The highest BCUT2D eigenvalue weighted by Gasteiger charge is 2.28. The Labute approximate surface area is 149 Å². The molecule has 1 fully saturated rings. The minimum absolute atomic E-state index is 0. The van der Waals surface area contributed by atoms with Crippen molar-refractivity contribution >= 4 is 29.9 Å². The van der Waals surface area contributed by atoms with E-state index in [1.165, 1.54) is 0 Å². The molecule has 0 spiro atoms. The summed E-state index contributed by atoms with van der Waals surface area (Å²) in [6, 6.07) is 7.57. The van der Waals surface area contributed by atoms with Crippen LogP contribution in [-0.2, 0) is 4.79 Å². The molecular weight excluding hydrogens is 328 g/mol. The summed E-state index contributed by atoms with van der Waals surface area (Å²) in [5.74, 6) is -0.156. The molecule has 1 aliphatic heterocycles. The topological polar surface area (TPSA) is 78.7 Å². The molecule has 0 aromatic heterocycles. The third-order valence-electron chi connectivity index (χ3n) is 4.13. The van der Waals surface area contributed by atoms with Crippen molar-refractivity contribution in [2.45, 2.75) is 12.8 Å². The number of hydrogen-bond donors (Lipinski definition) is 2. The number of halogens is 1. The smallest absolute Gasteiger partial charge is 0.253 e. The number of piperidine rings is 1. The van der Waals surface area contributed by atoms with Gasteiger partial charge in [0.25, 0.3) is 5.91 Å². The average molecular weight is 355 g/mol. The first-order chi connectivity index (χ1) is 11.0. The van der Waals surface area contributed by atoms with Crippen LogP contribution in [0.2, 0.25) is 0 Å². The lowest BCUT2D eigenvalue weighted by Crippen LogP contribution is -2.46. The zero-order valence-electron chi connectivity index (χ0n) is 14.3. The van der Waals surface area contributed by atoms with E-state index in [9.17, 15) is 9.59 Å². The Morgan fingerprint density at radius 3 is 2.79 bits per heavy atom. The number of carbonyl (C=O) groups is 2. The molecule has 0 saturated carbocycles. The molecule has 1 unspecified atom stereocenters. The molecule has 1 aromatic rings. The summed E-state index contributed by atoms with van der Waals surface area (Å²) in [6.07, 6.45) is 1.66. The second-order valence-corrected chi connectivity index (χ2v) is 6.11. The lowest BCUT2D eigenvalue weighted by molar-refractivity contribution is -0.126. The zero-order chi connectivity index (χ0) is 16.8. The summed E-state index contributed by atoms with van der Waals surface area (Å²) >= 11 is 0. The van der Waals surface area contributed by atoms with Crippen LogP contribution >= 0.6 is 12.4 Å². The number of carbonyl (C=O) groups excluding carboxylic acids is 2. The second-order valence-electron chi connectivity index (χ2n) is 6.11. The van der Waals surface area contributed by atoms with Crippen molar-refractivity contribution in [1.29, 1.82) is 0 Å². The van der Waals surface area contributed by atoms with Crippen LogP contribution in [0.3, 0.4) is 0 Å². The van der Waals surface area contributed by atoms with Crippen LogP contribution in [0.25, 0.3) is 0 Å². The van der Waals surface area contributed by atoms with Crippen LogP contribution in [0.4, 0.5) is 5.69 Å². The predicted molar refractivity (Wildman–Crippen MR) is 98.7 cm³/mol. The highest BCUT2D eigenvalue weighted by Crippen LogP contribution is 2.20. The van der Waals surface area contributed by atoms with Crippen LogP contribution < -0.4 is 16.0 Å². The summed E-state index contributed by atoms with van der Waals surface area (Å²) in [7, 11) is 3.89. The average Bonchev–Trinajstić information content (AvgIpc) is 2.59. The molecule has 0 aliphatic carbocycles. The van der Waals surface area contributed by atoms with Gasteiger partial charge in [0.1, 0.15) is 0 Å². The van der Waals surface area contributed by atoms with Crippen LogP contribution in [0.1, 0.15) is 23.2 Å². The van der Waals surface area contributed by atoms with E-state index in [-0.39, 0.29) is 30.1 Å². The van der Waals surface area contributed by atoms with E-state index >= 15 is 0 Å². The fraction of sp³-hybridized carbons (Fsp3) is 0.529. The Bertz CT molecular complexity index is 565. The fourth-order valence-electron chi connectivity index (χ4n) is 2.82. The van der Waals surface area contributed by atoms with Gasteiger partial charge in [-0.05, 0) is 31.0 Å². The van der Waals surface area contributed by atoms with Crippen molar-refractivity contribution < 1.29 is 9.59 Å². The molecule has 1 aliphatic rings. The highest BCUT2D eigenvalue weighted by atomic mass is 35.5. The van der Waals surface area contributed by atoms with Gasteiger partial charge in [-0.1, -0.05) is 6.07 Å². The number of rotatable bonds is 5. The van der Waals surface area contributed by atoms with Gasteiger partial charge in [0.2, 0.25) is 5.91 Å². The summed E-state index contributed by atoms with van der Waals surface area (Å²) < 4.78 is 0. The van der Waals surface area contributed by atoms with Crippen molar-refractivity contribution in [3.8, 4) is 0 Å². The van der Waals surface area contributed by atoms with Crippen molar-refractivity contribution in [2.75, 3.05) is 45.2 Å². The Morgan fingerprint density at radius 1 is 1.38 bits per heavy atom. The van der Waals surface area contributed by atoms with Crippen LogP contribution in [0.15, 0.2) is 24.3 Å². The van der Waals surface area contributed by atoms with E-state index in [0.717, 1.165) is 18.5 Å². The number of benzene rings is 1. The van der Waals surface area contributed by atoms with Gasteiger partial charge in [0.15, 0.2) is 0 Å². The molecule has 134 valence electrons. The maximum Gasteiger partial charge on any atom is 0.253 e. The van der Waals surface area contributed by atoms with Gasteiger partial charge >= 0.3 is 0 Å². The predicted octanol–water partition coefficient (Wildman–Crippen LogP) is 1.10. The SMILES string of the molecule is CN(C)c1cccc(C(=O)N2CCCC(C(=O)NCCN)C2)c1.Cl. The summed E-state index contributed by atoms with van der Waals surface area (Å²) in [5.41, 5.74) is 7.07. The number of nitrogens with two attached hydrogens (primary N) is 1. The van der Waals surface area contributed by atoms with Gasteiger partial charge in [-0.15, -0.1) is 12.4 Å². The molecule has 7 heteroatoms. The first-order valence-corrected chi connectivity index (χ1v) is 8.07. The standard InChI is InChI=1S/C17H26N4O2.ClH/c1-20(2)15-7-3-5-13(11-15)17(23)21-10-4-6-14(12-21)16(22)19-9-8-18;/h3,5,7,11,14H,4,6,8-10,12,18H2,1-2H3,(H,19,22);1H. The minimum Gasteiger partial charge on any atom is -0.378 e. The first kappa shape index (κ1) is 20.3. The molecule has 1 aromatic carbocycles. The minimum atomic E-state index is -0.142. The third-order valence-corrected chi connectivity index (χ3v) is 4.13. The molecule has 2 amide bonds. The molecular formula is C17H27ClN4O2. The summed E-state index contributed by atoms with van der Waals surface area (Å²) in [4.78, 5) is 28.6. The number of hydrogen-bond acceptors (Lipinski definition) is 4. The largest absolute Gasteiger partial charge is 0.378 e. The fourth-order valence-corrected chi connectivity index (χ4v) is 2.82. The summed E-state index contributed by atoms with van der Waals surface area (Å²) in [6.45, 7) is 2.08. The van der Waals surface area contributed by atoms with Gasteiger partial charge in [0, 0.05) is 51.5 Å². The Morgan fingerprint density at radius 2 is 2.12 bits per heavy atom. The maximum absolute atomic E-state index is 12.7. The second kappa shape index (κ2) is 9.49. The maximum atomic E-state index is 12.7. The highest BCUT2D eigenvalue weighted by molar-refractivity contribution is 5.95. The molecule has 6 nitrogen and oxygen atoms in total. The van der Waals surface area contributed by atoms with Gasteiger partial charge in [-0.25, -0.2) is 0 Å². The van der Waals surface area contributed by atoms with Crippen molar-refractivity contribution in [3.05, 3.63) is 29.8 Å². The van der Waals surface area contributed by atoms with Crippen molar-refractivity contribution in [1.82, 2.24) is 10.2 Å². The Balaban J connectivity index is 0.00000288. The van der Waals surface area contributed by atoms with E-state index in [1.54, 1.807) is 4.90 Å². The van der Waals surface area contributed by atoms with E-state index in [4.69, 9.17) is 5.73 Å². The molecule has 2 rings (SSSR count). The Hall–Kier alpha value is -1.79. The molecule has 0 bridgehead atoms. The quantitative estimate of drug-likeness (QED) is 0.830. The molecule has 3 N–H and O–H groups in total. The van der Waals surface area contributed by atoms with E-state index in [0.29, 0.717) is 31.7 Å².